The highest BCUT2D eigenvalue weighted by Gasteiger charge is 2.35. The van der Waals surface area contributed by atoms with E-state index in [1.54, 1.807) is 30.3 Å². The molecular weight excluding hydrogens is 345 g/mol. The lowest BCUT2D eigenvalue weighted by Crippen LogP contribution is -2.24. The fourth-order valence-corrected chi connectivity index (χ4v) is 4.20. The number of halogens is 1. The van der Waals surface area contributed by atoms with Crippen LogP contribution in [0.4, 0.5) is 10.2 Å². The molecule has 0 saturated heterocycles. The van der Waals surface area contributed by atoms with Crippen molar-refractivity contribution in [3.05, 3.63) is 72.2 Å². The summed E-state index contributed by atoms with van der Waals surface area (Å²) in [6.45, 7) is 0.175. The zero-order valence-electron chi connectivity index (χ0n) is 12.8. The van der Waals surface area contributed by atoms with Crippen LogP contribution in [0, 0.1) is 5.82 Å². The standard InChI is InChI=1S/C17H12FN3O3S/c18-13-6-2-3-7-14(13)24-17-19-10-9-16(20-17)21-11-12-5-1-4-8-15(12)25(21,22)23/h1-10H,11H2. The number of fused-ring (bicyclic) bond motifs is 1. The van der Waals surface area contributed by atoms with E-state index in [4.69, 9.17) is 4.74 Å². The summed E-state index contributed by atoms with van der Waals surface area (Å²) in [6, 6.07) is 13.9. The van der Waals surface area contributed by atoms with E-state index in [2.05, 4.69) is 9.97 Å². The van der Waals surface area contributed by atoms with E-state index in [9.17, 15) is 12.8 Å². The van der Waals surface area contributed by atoms with Crippen LogP contribution in [0.2, 0.25) is 0 Å². The van der Waals surface area contributed by atoms with E-state index < -0.39 is 15.8 Å². The minimum Gasteiger partial charge on any atom is -0.421 e. The van der Waals surface area contributed by atoms with Crippen LogP contribution in [-0.4, -0.2) is 18.4 Å². The highest BCUT2D eigenvalue weighted by Crippen LogP contribution is 2.34. The molecule has 0 fully saturated rings. The third kappa shape index (κ3) is 2.70. The van der Waals surface area contributed by atoms with Gasteiger partial charge in [-0.15, -0.1) is 0 Å². The van der Waals surface area contributed by atoms with Gasteiger partial charge >= 0.3 is 6.01 Å². The lowest BCUT2D eigenvalue weighted by Gasteiger charge is -2.16. The van der Waals surface area contributed by atoms with E-state index in [1.807, 2.05) is 0 Å². The fraction of sp³-hybridized carbons (Fsp3) is 0.0588. The molecule has 2 heterocycles. The molecule has 2 aromatic carbocycles. The maximum absolute atomic E-state index is 13.7. The van der Waals surface area contributed by atoms with Crippen molar-refractivity contribution in [1.82, 2.24) is 9.97 Å². The van der Waals surface area contributed by atoms with Crippen molar-refractivity contribution in [1.29, 1.82) is 0 Å². The van der Waals surface area contributed by atoms with Gasteiger partial charge in [0.2, 0.25) is 0 Å². The molecule has 1 aromatic heterocycles. The Labute approximate surface area is 143 Å². The fourth-order valence-electron chi connectivity index (χ4n) is 2.59. The van der Waals surface area contributed by atoms with Crippen molar-refractivity contribution < 1.29 is 17.5 Å². The van der Waals surface area contributed by atoms with Crippen LogP contribution in [0.5, 0.6) is 11.8 Å². The predicted octanol–water partition coefficient (Wildman–Crippen LogP) is 3.12. The molecule has 3 aromatic rings. The maximum atomic E-state index is 13.7. The molecule has 0 saturated carbocycles. The average Bonchev–Trinajstić information content (AvgIpc) is 2.89. The van der Waals surface area contributed by atoms with Gasteiger partial charge in [0.05, 0.1) is 11.4 Å². The quantitative estimate of drug-likeness (QED) is 0.720. The van der Waals surface area contributed by atoms with Gasteiger partial charge in [0, 0.05) is 12.3 Å². The van der Waals surface area contributed by atoms with E-state index in [0.717, 1.165) is 0 Å². The highest BCUT2D eigenvalue weighted by atomic mass is 32.2. The smallest absolute Gasteiger partial charge is 0.324 e. The predicted molar refractivity (Wildman–Crippen MR) is 88.3 cm³/mol. The van der Waals surface area contributed by atoms with Crippen molar-refractivity contribution in [3.63, 3.8) is 0 Å². The monoisotopic (exact) mass is 357 g/mol. The molecule has 25 heavy (non-hydrogen) atoms. The second kappa shape index (κ2) is 5.82. The third-order valence-electron chi connectivity index (χ3n) is 3.77. The lowest BCUT2D eigenvalue weighted by atomic mass is 10.2. The maximum Gasteiger partial charge on any atom is 0.324 e. The van der Waals surface area contributed by atoms with Gasteiger partial charge in [0.1, 0.15) is 5.82 Å². The van der Waals surface area contributed by atoms with Crippen molar-refractivity contribution in [3.8, 4) is 11.8 Å². The molecule has 0 aliphatic carbocycles. The minimum atomic E-state index is -3.68. The highest BCUT2D eigenvalue weighted by molar-refractivity contribution is 7.93. The summed E-state index contributed by atoms with van der Waals surface area (Å²) in [4.78, 5) is 8.29. The van der Waals surface area contributed by atoms with Crippen molar-refractivity contribution >= 4 is 15.8 Å². The van der Waals surface area contributed by atoms with Crippen LogP contribution < -0.4 is 9.04 Å². The number of hydrogen-bond donors (Lipinski definition) is 0. The van der Waals surface area contributed by atoms with E-state index in [0.29, 0.717) is 5.56 Å². The average molecular weight is 357 g/mol. The van der Waals surface area contributed by atoms with Gasteiger partial charge in [-0.3, -0.25) is 0 Å². The summed E-state index contributed by atoms with van der Waals surface area (Å²) in [6.07, 6.45) is 1.37. The van der Waals surface area contributed by atoms with E-state index >= 15 is 0 Å². The normalized spacial score (nSPS) is 15.0. The number of benzene rings is 2. The summed E-state index contributed by atoms with van der Waals surface area (Å²) < 4.78 is 45.5. The Morgan fingerprint density at radius 1 is 1.04 bits per heavy atom. The number of ether oxygens (including phenoxy) is 1. The Kier molecular flexibility index (Phi) is 3.61. The van der Waals surface area contributed by atoms with Crippen LogP contribution in [-0.2, 0) is 16.6 Å². The first-order valence-electron chi connectivity index (χ1n) is 7.42. The molecular formula is C17H12FN3O3S. The first-order valence-corrected chi connectivity index (χ1v) is 8.86. The number of aromatic nitrogens is 2. The summed E-state index contributed by atoms with van der Waals surface area (Å²) in [5.41, 5.74) is 0.692. The number of hydrogen-bond acceptors (Lipinski definition) is 5. The van der Waals surface area contributed by atoms with Crippen LogP contribution in [0.1, 0.15) is 5.56 Å². The van der Waals surface area contributed by atoms with E-state index in [-0.39, 0.29) is 29.0 Å². The van der Waals surface area contributed by atoms with Crippen LogP contribution >= 0.6 is 0 Å². The molecule has 1 aliphatic rings. The molecule has 0 spiro atoms. The van der Waals surface area contributed by atoms with Crippen LogP contribution in [0.3, 0.4) is 0 Å². The van der Waals surface area contributed by atoms with Gasteiger partial charge in [0.15, 0.2) is 11.6 Å². The third-order valence-corrected chi connectivity index (χ3v) is 5.62. The number of nitrogens with zero attached hydrogens (tertiary/aromatic N) is 3. The zero-order valence-corrected chi connectivity index (χ0v) is 13.6. The number of para-hydroxylation sites is 1. The Morgan fingerprint density at radius 3 is 2.60 bits per heavy atom. The Balaban J connectivity index is 1.68. The second-order valence-corrected chi connectivity index (χ2v) is 7.18. The molecule has 0 N–H and O–H groups in total. The van der Waals surface area contributed by atoms with E-state index in [1.165, 1.54) is 34.8 Å². The Hall–Kier alpha value is -3.00. The summed E-state index contributed by atoms with van der Waals surface area (Å²) >= 11 is 0. The molecule has 0 radical (unpaired) electrons. The van der Waals surface area contributed by atoms with Gasteiger partial charge in [-0.2, -0.15) is 4.98 Å². The van der Waals surface area contributed by atoms with Crippen molar-refractivity contribution in [2.24, 2.45) is 0 Å². The van der Waals surface area contributed by atoms with Crippen LogP contribution in [0.25, 0.3) is 0 Å². The molecule has 126 valence electrons. The molecule has 0 bridgehead atoms. The number of anilines is 1. The van der Waals surface area contributed by atoms with Gasteiger partial charge < -0.3 is 4.74 Å². The summed E-state index contributed by atoms with van der Waals surface area (Å²) in [7, 11) is -3.68. The van der Waals surface area contributed by atoms with Crippen LogP contribution in [0.15, 0.2) is 65.7 Å². The van der Waals surface area contributed by atoms with Gasteiger partial charge in [-0.05, 0) is 23.8 Å². The molecule has 1 aliphatic heterocycles. The number of rotatable bonds is 3. The van der Waals surface area contributed by atoms with Crippen molar-refractivity contribution in [2.45, 2.75) is 11.4 Å². The minimum absolute atomic E-state index is 0.0350. The summed E-state index contributed by atoms with van der Waals surface area (Å²) in [5.74, 6) is -0.428. The number of sulfonamides is 1. The molecule has 0 unspecified atom stereocenters. The largest absolute Gasteiger partial charge is 0.421 e. The Morgan fingerprint density at radius 2 is 1.80 bits per heavy atom. The first kappa shape index (κ1) is 15.5. The molecule has 4 rings (SSSR count). The molecule has 8 heteroatoms. The zero-order chi connectivity index (χ0) is 17.4. The SMILES string of the molecule is O=S1(=O)c2ccccc2CN1c1ccnc(Oc2ccccc2F)n1. The van der Waals surface area contributed by atoms with Gasteiger partial charge in [-0.1, -0.05) is 30.3 Å². The first-order chi connectivity index (χ1) is 12.1. The lowest BCUT2D eigenvalue weighted by molar-refractivity contribution is 0.411. The Bertz CT molecular complexity index is 1060. The molecule has 0 amide bonds. The van der Waals surface area contributed by atoms with Gasteiger partial charge in [-0.25, -0.2) is 22.1 Å². The summed E-state index contributed by atoms with van der Waals surface area (Å²) in [5, 5.41) is 0. The topological polar surface area (TPSA) is 72.4 Å². The molecule has 0 atom stereocenters. The second-order valence-electron chi connectivity index (χ2n) is 5.35. The van der Waals surface area contributed by atoms with Crippen molar-refractivity contribution in [2.75, 3.05) is 4.31 Å². The van der Waals surface area contributed by atoms with Gasteiger partial charge in [0.25, 0.3) is 10.0 Å². The molecule has 6 nitrogen and oxygen atoms in total.